The lowest BCUT2D eigenvalue weighted by Gasteiger charge is -2.45. The van der Waals surface area contributed by atoms with Crippen LogP contribution in [0.15, 0.2) is 77.9 Å². The highest BCUT2D eigenvalue weighted by molar-refractivity contribution is 5.22. The van der Waals surface area contributed by atoms with Crippen LogP contribution in [-0.2, 0) is 43.5 Å². The number of ether oxygens (including phenoxy) is 5. The summed E-state index contributed by atoms with van der Waals surface area (Å²) in [5, 5.41) is 3.61. The van der Waals surface area contributed by atoms with Gasteiger partial charge in [-0.05, 0) is 56.3 Å². The maximum absolute atomic E-state index is 8.61. The van der Waals surface area contributed by atoms with Crippen molar-refractivity contribution in [2.24, 2.45) is 5.11 Å². The lowest BCUT2D eigenvalue weighted by Crippen LogP contribution is -2.60. The Hall–Kier alpha value is -3.23. The summed E-state index contributed by atoms with van der Waals surface area (Å²) >= 11 is 0. The van der Waals surface area contributed by atoms with Gasteiger partial charge in [0.15, 0.2) is 6.29 Å². The second-order valence-corrected chi connectivity index (χ2v) is 10.7. The predicted octanol–water partition coefficient (Wildman–Crippen LogP) is 7.13. The Balaban J connectivity index is 1.56. The zero-order valence-corrected chi connectivity index (χ0v) is 24.4. The molecule has 0 bridgehead atoms. The molecule has 5 atom stereocenters. The molecule has 3 aromatic carbocycles. The third kappa shape index (κ3) is 9.40. The standard InChI is InChI=1S/C33H41N3O5/c1-23-6-12-27(13-7-23)20-38-30-26(4)41-33(37-19-5-18-35-36-34)32(40-22-29-16-10-25(3)11-17-29)31(30)39-21-28-14-8-24(2)9-15-28/h6-17,26,30-33H,5,18-22H2,1-4H3/t26-,30+,31+,32-,33+/m0/s1. The molecular weight excluding hydrogens is 518 g/mol. The number of nitrogens with zero attached hydrogens (tertiary/aromatic N) is 3. The Morgan fingerprint density at radius 1 is 0.659 bits per heavy atom. The van der Waals surface area contributed by atoms with Gasteiger partial charge in [0.25, 0.3) is 0 Å². The zero-order valence-electron chi connectivity index (χ0n) is 24.4. The van der Waals surface area contributed by atoms with Crippen LogP contribution >= 0.6 is 0 Å². The third-order valence-electron chi connectivity index (χ3n) is 7.16. The number of hydrogen-bond donors (Lipinski definition) is 0. The molecule has 0 spiro atoms. The van der Waals surface area contributed by atoms with E-state index in [2.05, 4.69) is 104 Å². The van der Waals surface area contributed by atoms with E-state index in [0.717, 1.165) is 16.7 Å². The molecule has 0 saturated carbocycles. The van der Waals surface area contributed by atoms with E-state index in [-0.39, 0.29) is 6.10 Å². The molecule has 0 aromatic heterocycles. The quantitative estimate of drug-likeness (QED) is 0.0906. The van der Waals surface area contributed by atoms with Crippen LogP contribution in [-0.4, -0.2) is 43.9 Å². The Labute approximate surface area is 243 Å². The summed E-state index contributed by atoms with van der Waals surface area (Å²) in [4.78, 5) is 2.82. The fourth-order valence-electron chi connectivity index (χ4n) is 4.71. The molecule has 8 nitrogen and oxygen atoms in total. The molecule has 218 valence electrons. The monoisotopic (exact) mass is 559 g/mol. The average molecular weight is 560 g/mol. The molecular formula is C33H41N3O5. The lowest BCUT2D eigenvalue weighted by atomic mass is 9.98. The number of aryl methyl sites for hydroxylation is 3. The van der Waals surface area contributed by atoms with Crippen molar-refractivity contribution in [2.45, 2.75) is 84.6 Å². The van der Waals surface area contributed by atoms with Crippen LogP contribution in [0, 0.1) is 20.8 Å². The molecule has 1 aliphatic rings. The van der Waals surface area contributed by atoms with Gasteiger partial charge in [0.05, 0.1) is 25.9 Å². The Morgan fingerprint density at radius 2 is 1.10 bits per heavy atom. The summed E-state index contributed by atoms with van der Waals surface area (Å²) in [5.41, 5.74) is 15.4. The minimum Gasteiger partial charge on any atom is -0.368 e. The van der Waals surface area contributed by atoms with Crippen LogP contribution in [0.1, 0.15) is 46.7 Å². The first-order valence-corrected chi connectivity index (χ1v) is 14.2. The Bertz CT molecular complexity index is 1240. The third-order valence-corrected chi connectivity index (χ3v) is 7.16. The minimum atomic E-state index is -0.677. The fourth-order valence-corrected chi connectivity index (χ4v) is 4.71. The van der Waals surface area contributed by atoms with Crippen LogP contribution < -0.4 is 0 Å². The van der Waals surface area contributed by atoms with Crippen LogP contribution in [0.25, 0.3) is 10.4 Å². The Morgan fingerprint density at radius 3 is 1.56 bits per heavy atom. The molecule has 1 saturated heterocycles. The highest BCUT2D eigenvalue weighted by Crippen LogP contribution is 2.31. The van der Waals surface area contributed by atoms with Gasteiger partial charge in [-0.15, -0.1) is 0 Å². The van der Waals surface area contributed by atoms with Gasteiger partial charge in [-0.25, -0.2) is 0 Å². The first kappa shape index (κ1) is 30.7. The molecule has 41 heavy (non-hydrogen) atoms. The predicted molar refractivity (Wildman–Crippen MR) is 158 cm³/mol. The molecule has 1 heterocycles. The van der Waals surface area contributed by atoms with Crippen molar-refractivity contribution in [3.8, 4) is 0 Å². The summed E-state index contributed by atoms with van der Waals surface area (Å²) in [5.74, 6) is 0. The van der Waals surface area contributed by atoms with E-state index in [9.17, 15) is 0 Å². The largest absolute Gasteiger partial charge is 0.368 e. The van der Waals surface area contributed by atoms with E-state index >= 15 is 0 Å². The molecule has 1 fully saturated rings. The fraction of sp³-hybridized carbons (Fsp3) is 0.455. The van der Waals surface area contributed by atoms with Crippen molar-refractivity contribution in [1.82, 2.24) is 0 Å². The first-order chi connectivity index (χ1) is 19.9. The van der Waals surface area contributed by atoms with E-state index in [1.54, 1.807) is 0 Å². The van der Waals surface area contributed by atoms with E-state index in [4.69, 9.17) is 29.2 Å². The van der Waals surface area contributed by atoms with Gasteiger partial charge in [-0.1, -0.05) is 94.6 Å². The van der Waals surface area contributed by atoms with Gasteiger partial charge in [0.2, 0.25) is 0 Å². The smallest absolute Gasteiger partial charge is 0.186 e. The van der Waals surface area contributed by atoms with E-state index in [0.29, 0.717) is 39.4 Å². The van der Waals surface area contributed by atoms with Crippen LogP contribution in [0.3, 0.4) is 0 Å². The van der Waals surface area contributed by atoms with Gasteiger partial charge in [0, 0.05) is 18.1 Å². The number of rotatable bonds is 14. The SMILES string of the molecule is Cc1ccc(CO[C@H]2[C@H](OCc3ccc(C)cc3)[C@H](OCCCN=[N+]=[N-])O[C@@H](C)[C@H]2OCc2ccc(C)cc2)cc1. The molecule has 0 N–H and O–H groups in total. The summed E-state index contributed by atoms with van der Waals surface area (Å²) in [6, 6.07) is 24.9. The van der Waals surface area contributed by atoms with Crippen molar-refractivity contribution in [3.05, 3.63) is 117 Å². The van der Waals surface area contributed by atoms with Gasteiger partial charge in [-0.3, -0.25) is 0 Å². The van der Waals surface area contributed by atoms with Gasteiger partial charge >= 0.3 is 0 Å². The van der Waals surface area contributed by atoms with Gasteiger partial charge in [0.1, 0.15) is 18.3 Å². The molecule has 8 heteroatoms. The van der Waals surface area contributed by atoms with Crippen molar-refractivity contribution in [1.29, 1.82) is 0 Å². The molecule has 3 aromatic rings. The number of azide groups is 1. The summed E-state index contributed by atoms with van der Waals surface area (Å²) in [6.45, 7) is 10.1. The minimum absolute atomic E-state index is 0.315. The van der Waals surface area contributed by atoms with Crippen molar-refractivity contribution in [3.63, 3.8) is 0 Å². The Kier molecular flexibility index (Phi) is 11.8. The van der Waals surface area contributed by atoms with Crippen LogP contribution in [0.5, 0.6) is 0 Å². The van der Waals surface area contributed by atoms with Crippen LogP contribution in [0.4, 0.5) is 0 Å². The molecule has 0 unspecified atom stereocenters. The average Bonchev–Trinajstić information content (AvgIpc) is 2.97. The first-order valence-electron chi connectivity index (χ1n) is 14.2. The maximum atomic E-state index is 8.61. The summed E-state index contributed by atoms with van der Waals surface area (Å²) in [6.07, 6.45) is -1.83. The normalized spacial score (nSPS) is 22.3. The zero-order chi connectivity index (χ0) is 29.0. The van der Waals surface area contributed by atoms with Crippen molar-refractivity contribution in [2.75, 3.05) is 13.2 Å². The highest BCUT2D eigenvalue weighted by atomic mass is 16.7. The molecule has 1 aliphatic heterocycles. The topological polar surface area (TPSA) is 94.9 Å². The van der Waals surface area contributed by atoms with Crippen LogP contribution in [0.2, 0.25) is 0 Å². The van der Waals surface area contributed by atoms with Crippen molar-refractivity contribution >= 4 is 0 Å². The highest BCUT2D eigenvalue weighted by Gasteiger charge is 2.47. The summed E-state index contributed by atoms with van der Waals surface area (Å²) < 4.78 is 32.2. The number of benzene rings is 3. The van der Waals surface area contributed by atoms with Gasteiger partial charge in [-0.2, -0.15) is 0 Å². The maximum Gasteiger partial charge on any atom is 0.186 e. The van der Waals surface area contributed by atoms with Crippen molar-refractivity contribution < 1.29 is 23.7 Å². The molecule has 0 radical (unpaired) electrons. The summed E-state index contributed by atoms with van der Waals surface area (Å²) in [7, 11) is 0. The van der Waals surface area contributed by atoms with E-state index in [1.165, 1.54) is 16.7 Å². The van der Waals surface area contributed by atoms with Gasteiger partial charge < -0.3 is 23.7 Å². The number of hydrogen-bond acceptors (Lipinski definition) is 6. The molecule has 4 rings (SSSR count). The second kappa shape index (κ2) is 15.7. The molecule has 0 aliphatic carbocycles. The lowest BCUT2D eigenvalue weighted by molar-refractivity contribution is -0.320. The van der Waals surface area contributed by atoms with E-state index in [1.807, 2.05) is 6.92 Å². The molecule has 0 amide bonds. The van der Waals surface area contributed by atoms with E-state index < -0.39 is 24.6 Å². The second-order valence-electron chi connectivity index (χ2n) is 10.7.